The van der Waals surface area contributed by atoms with Gasteiger partial charge in [-0.15, -0.1) is 11.3 Å². The Bertz CT molecular complexity index is 779. The number of carbonyl (C=O) groups is 1. The predicted molar refractivity (Wildman–Crippen MR) is 90.2 cm³/mol. The van der Waals surface area contributed by atoms with E-state index in [4.69, 9.17) is 0 Å². The third-order valence-corrected chi connectivity index (χ3v) is 5.60. The van der Waals surface area contributed by atoms with Crippen LogP contribution in [-0.4, -0.2) is 32.5 Å². The lowest BCUT2D eigenvalue weighted by molar-refractivity contribution is 0.0950. The second-order valence-electron chi connectivity index (χ2n) is 4.93. The minimum Gasteiger partial charge on any atom is -0.349 e. The summed E-state index contributed by atoms with van der Waals surface area (Å²) < 4.78 is 39.8. The molecular weight excluding hydrogens is 353 g/mol. The molecule has 1 atom stereocenters. The monoisotopic (exact) mass is 371 g/mol. The first-order valence-electron chi connectivity index (χ1n) is 7.34. The number of rotatable bonds is 8. The van der Waals surface area contributed by atoms with Gasteiger partial charge in [0, 0.05) is 23.7 Å². The van der Waals surface area contributed by atoms with E-state index < -0.39 is 28.6 Å². The molecule has 1 heterocycles. The van der Waals surface area contributed by atoms with Crippen molar-refractivity contribution in [1.29, 1.82) is 0 Å². The summed E-state index contributed by atoms with van der Waals surface area (Å²) in [7, 11) is -3.81. The largest absolute Gasteiger partial charge is 0.349 e. The summed E-state index contributed by atoms with van der Waals surface area (Å²) in [5, 5.41) is 4.82. The van der Waals surface area contributed by atoms with Crippen LogP contribution in [0.5, 0.6) is 0 Å². The van der Waals surface area contributed by atoms with Crippen LogP contribution in [0.2, 0.25) is 0 Å². The highest BCUT2D eigenvalue weighted by atomic mass is 32.2. The Balaban J connectivity index is 2.21. The standard InChI is InChI=1S/C15H18FN3O3S2/c1-2-13(15-18-8-9-23-15)19-24(21,22)12-5-3-4-11(10-12)14(20)17-7-6-16/h3-5,8-10,13,19H,2,6-7H2,1H3,(H,17,20)/t13-/m1/s1. The molecule has 0 fully saturated rings. The van der Waals surface area contributed by atoms with E-state index in [9.17, 15) is 17.6 Å². The van der Waals surface area contributed by atoms with Crippen molar-refractivity contribution in [3.8, 4) is 0 Å². The van der Waals surface area contributed by atoms with E-state index in [2.05, 4.69) is 15.0 Å². The molecule has 0 aliphatic carbocycles. The Morgan fingerprint density at radius 1 is 1.42 bits per heavy atom. The first kappa shape index (κ1) is 18.5. The number of amides is 1. The zero-order chi connectivity index (χ0) is 17.6. The molecule has 2 N–H and O–H groups in total. The molecule has 24 heavy (non-hydrogen) atoms. The van der Waals surface area contributed by atoms with Gasteiger partial charge in [0.25, 0.3) is 5.91 Å². The molecule has 130 valence electrons. The van der Waals surface area contributed by atoms with Crippen LogP contribution in [0.15, 0.2) is 40.7 Å². The molecule has 1 amide bonds. The molecule has 0 bridgehead atoms. The van der Waals surface area contributed by atoms with Crippen molar-refractivity contribution >= 4 is 27.3 Å². The summed E-state index contributed by atoms with van der Waals surface area (Å²) >= 11 is 1.37. The van der Waals surface area contributed by atoms with Gasteiger partial charge in [-0.05, 0) is 24.6 Å². The average Bonchev–Trinajstić information content (AvgIpc) is 3.12. The summed E-state index contributed by atoms with van der Waals surface area (Å²) in [4.78, 5) is 16.0. The van der Waals surface area contributed by atoms with Gasteiger partial charge >= 0.3 is 0 Å². The lowest BCUT2D eigenvalue weighted by atomic mass is 10.2. The van der Waals surface area contributed by atoms with Crippen LogP contribution >= 0.6 is 11.3 Å². The highest BCUT2D eigenvalue weighted by molar-refractivity contribution is 7.89. The van der Waals surface area contributed by atoms with Crippen LogP contribution in [-0.2, 0) is 10.0 Å². The fourth-order valence-corrected chi connectivity index (χ4v) is 4.21. The number of benzene rings is 1. The topological polar surface area (TPSA) is 88.2 Å². The highest BCUT2D eigenvalue weighted by Gasteiger charge is 2.22. The van der Waals surface area contributed by atoms with Crippen molar-refractivity contribution in [1.82, 2.24) is 15.0 Å². The maximum Gasteiger partial charge on any atom is 0.251 e. The molecule has 6 nitrogen and oxygen atoms in total. The normalized spacial score (nSPS) is 12.8. The van der Waals surface area contributed by atoms with Crippen LogP contribution in [0, 0.1) is 0 Å². The molecule has 0 saturated carbocycles. The first-order chi connectivity index (χ1) is 11.5. The smallest absolute Gasteiger partial charge is 0.251 e. The number of carbonyl (C=O) groups excluding carboxylic acids is 1. The second-order valence-corrected chi connectivity index (χ2v) is 7.57. The quantitative estimate of drug-likeness (QED) is 0.745. The zero-order valence-electron chi connectivity index (χ0n) is 13.0. The van der Waals surface area contributed by atoms with Gasteiger partial charge in [-0.25, -0.2) is 22.5 Å². The van der Waals surface area contributed by atoms with E-state index in [0.717, 1.165) is 0 Å². The predicted octanol–water partition coefficient (Wildman–Crippen LogP) is 2.27. The van der Waals surface area contributed by atoms with Crippen molar-refractivity contribution in [2.75, 3.05) is 13.2 Å². The fourth-order valence-electron chi connectivity index (χ4n) is 2.04. The SMILES string of the molecule is CC[C@@H](NS(=O)(=O)c1cccc(C(=O)NCCF)c1)c1nccs1. The van der Waals surface area contributed by atoms with Crippen LogP contribution in [0.3, 0.4) is 0 Å². The Hall–Kier alpha value is -1.84. The van der Waals surface area contributed by atoms with E-state index in [1.807, 2.05) is 6.92 Å². The molecule has 0 spiro atoms. The van der Waals surface area contributed by atoms with Crippen LogP contribution in [0.4, 0.5) is 4.39 Å². The molecule has 2 aromatic rings. The number of nitrogens with one attached hydrogen (secondary N) is 2. The number of alkyl halides is 1. The van der Waals surface area contributed by atoms with Gasteiger partial charge in [0.2, 0.25) is 10.0 Å². The summed E-state index contributed by atoms with van der Waals surface area (Å²) in [6, 6.07) is 5.19. The zero-order valence-corrected chi connectivity index (χ0v) is 14.7. The Labute approximate surface area is 144 Å². The van der Waals surface area contributed by atoms with E-state index in [0.29, 0.717) is 11.4 Å². The van der Waals surface area contributed by atoms with Gasteiger partial charge in [0.1, 0.15) is 11.7 Å². The van der Waals surface area contributed by atoms with E-state index >= 15 is 0 Å². The van der Waals surface area contributed by atoms with Gasteiger partial charge in [-0.2, -0.15) is 0 Å². The highest BCUT2D eigenvalue weighted by Crippen LogP contribution is 2.22. The van der Waals surface area contributed by atoms with Gasteiger partial charge in [0.15, 0.2) is 0 Å². The minimum atomic E-state index is -3.81. The number of halogens is 1. The number of hydrogen-bond donors (Lipinski definition) is 2. The minimum absolute atomic E-state index is 0.0228. The van der Waals surface area contributed by atoms with Crippen molar-refractivity contribution in [3.05, 3.63) is 46.4 Å². The summed E-state index contributed by atoms with van der Waals surface area (Å²) in [6.07, 6.45) is 2.16. The van der Waals surface area contributed by atoms with Crippen LogP contribution < -0.4 is 10.0 Å². The molecule has 1 aromatic heterocycles. The molecule has 9 heteroatoms. The Morgan fingerprint density at radius 3 is 2.83 bits per heavy atom. The van der Waals surface area contributed by atoms with Crippen molar-refractivity contribution in [2.24, 2.45) is 0 Å². The number of sulfonamides is 1. The third-order valence-electron chi connectivity index (χ3n) is 3.24. The Kier molecular flexibility index (Phi) is 6.41. The van der Waals surface area contributed by atoms with Gasteiger partial charge in [-0.1, -0.05) is 13.0 Å². The average molecular weight is 371 g/mol. The molecule has 0 unspecified atom stereocenters. The molecular formula is C15H18FN3O3S2. The summed E-state index contributed by atoms with van der Waals surface area (Å²) in [6.45, 7) is 1.06. The fraction of sp³-hybridized carbons (Fsp3) is 0.333. The van der Waals surface area contributed by atoms with Crippen LogP contribution in [0.1, 0.15) is 34.8 Å². The summed E-state index contributed by atoms with van der Waals surface area (Å²) in [5.41, 5.74) is 0.161. The maximum atomic E-state index is 12.6. The molecule has 0 saturated heterocycles. The van der Waals surface area contributed by atoms with E-state index in [1.165, 1.54) is 35.6 Å². The number of hydrogen-bond acceptors (Lipinski definition) is 5. The lowest BCUT2D eigenvalue weighted by Gasteiger charge is -2.15. The number of aromatic nitrogens is 1. The third kappa shape index (κ3) is 4.59. The Morgan fingerprint density at radius 2 is 2.21 bits per heavy atom. The number of thiazole rings is 1. The van der Waals surface area contributed by atoms with Crippen molar-refractivity contribution < 1.29 is 17.6 Å². The maximum absolute atomic E-state index is 12.6. The van der Waals surface area contributed by atoms with Gasteiger partial charge in [0.05, 0.1) is 10.9 Å². The number of nitrogens with zero attached hydrogens (tertiary/aromatic N) is 1. The van der Waals surface area contributed by atoms with Crippen molar-refractivity contribution in [3.63, 3.8) is 0 Å². The molecule has 1 aromatic carbocycles. The van der Waals surface area contributed by atoms with Gasteiger partial charge in [-0.3, -0.25) is 4.79 Å². The van der Waals surface area contributed by atoms with Crippen molar-refractivity contribution in [2.45, 2.75) is 24.3 Å². The van der Waals surface area contributed by atoms with E-state index in [1.54, 1.807) is 11.6 Å². The molecule has 0 radical (unpaired) electrons. The van der Waals surface area contributed by atoms with Gasteiger partial charge < -0.3 is 5.32 Å². The molecule has 0 aliphatic rings. The molecule has 2 rings (SSSR count). The second kappa shape index (κ2) is 8.32. The summed E-state index contributed by atoms with van der Waals surface area (Å²) in [5.74, 6) is -0.517. The first-order valence-corrected chi connectivity index (χ1v) is 9.70. The molecule has 0 aliphatic heterocycles. The van der Waals surface area contributed by atoms with E-state index in [-0.39, 0.29) is 17.0 Å². The van der Waals surface area contributed by atoms with Crippen LogP contribution in [0.25, 0.3) is 0 Å². The lowest BCUT2D eigenvalue weighted by Crippen LogP contribution is -2.29.